The molecule has 1 aromatic rings. The first-order valence-electron chi connectivity index (χ1n) is 5.69. The summed E-state index contributed by atoms with van der Waals surface area (Å²) in [7, 11) is 0. The highest BCUT2D eigenvalue weighted by atomic mass is 16.6. The number of hydrogen-bond acceptors (Lipinski definition) is 5. The van der Waals surface area contributed by atoms with Gasteiger partial charge < -0.3 is 10.6 Å². The molecular formula is C11H16N4O3. The lowest BCUT2D eigenvalue weighted by Gasteiger charge is -2.13. The van der Waals surface area contributed by atoms with E-state index in [1.54, 1.807) is 6.92 Å². The molecule has 1 atom stereocenters. The van der Waals surface area contributed by atoms with Gasteiger partial charge in [0.15, 0.2) is 0 Å². The summed E-state index contributed by atoms with van der Waals surface area (Å²) < 4.78 is 0. The highest BCUT2D eigenvalue weighted by Gasteiger charge is 2.13. The van der Waals surface area contributed by atoms with Crippen LogP contribution >= 0.6 is 0 Å². The lowest BCUT2D eigenvalue weighted by Crippen LogP contribution is -2.38. The zero-order chi connectivity index (χ0) is 13.5. The van der Waals surface area contributed by atoms with Gasteiger partial charge in [-0.05, 0) is 19.4 Å². The van der Waals surface area contributed by atoms with Crippen molar-refractivity contribution in [2.45, 2.75) is 26.3 Å². The monoisotopic (exact) mass is 252 g/mol. The zero-order valence-electron chi connectivity index (χ0n) is 10.3. The van der Waals surface area contributed by atoms with Crippen LogP contribution in [0.1, 0.15) is 20.3 Å². The Balaban J connectivity index is 2.56. The Morgan fingerprint density at radius 1 is 1.56 bits per heavy atom. The van der Waals surface area contributed by atoms with Gasteiger partial charge in [-0.15, -0.1) is 0 Å². The van der Waals surface area contributed by atoms with Crippen LogP contribution in [0.3, 0.4) is 0 Å². The van der Waals surface area contributed by atoms with E-state index in [1.165, 1.54) is 12.1 Å². The van der Waals surface area contributed by atoms with Gasteiger partial charge in [0, 0.05) is 12.6 Å². The summed E-state index contributed by atoms with van der Waals surface area (Å²) in [6.45, 7) is 4.29. The topological polar surface area (TPSA) is 97.2 Å². The fourth-order valence-electron chi connectivity index (χ4n) is 1.27. The summed E-state index contributed by atoms with van der Waals surface area (Å²) >= 11 is 0. The fraction of sp³-hybridized carbons (Fsp3) is 0.455. The van der Waals surface area contributed by atoms with Crippen molar-refractivity contribution in [3.8, 4) is 0 Å². The van der Waals surface area contributed by atoms with Crippen LogP contribution in [0.15, 0.2) is 18.3 Å². The van der Waals surface area contributed by atoms with Crippen molar-refractivity contribution in [3.05, 3.63) is 28.4 Å². The summed E-state index contributed by atoms with van der Waals surface area (Å²) in [4.78, 5) is 25.4. The standard InChI is InChI=1S/C11H16N4O3/c1-3-6-12-11(16)8(2)14-10-5-4-9(7-13-10)15(17)18/h4-5,7-8H,3,6H2,1-2H3,(H,12,16)(H,13,14). The number of nitrogens with zero attached hydrogens (tertiary/aromatic N) is 2. The number of amides is 1. The van der Waals surface area contributed by atoms with Crippen LogP contribution in [0.5, 0.6) is 0 Å². The van der Waals surface area contributed by atoms with Crippen molar-refractivity contribution in [2.75, 3.05) is 11.9 Å². The van der Waals surface area contributed by atoms with E-state index >= 15 is 0 Å². The normalized spacial score (nSPS) is 11.7. The minimum atomic E-state index is -0.520. The molecule has 0 aliphatic heterocycles. The maximum Gasteiger partial charge on any atom is 0.287 e. The number of nitrogens with one attached hydrogen (secondary N) is 2. The molecule has 2 N–H and O–H groups in total. The van der Waals surface area contributed by atoms with Gasteiger partial charge in [-0.3, -0.25) is 14.9 Å². The number of carbonyl (C=O) groups is 1. The van der Waals surface area contributed by atoms with E-state index in [9.17, 15) is 14.9 Å². The molecule has 7 heteroatoms. The lowest BCUT2D eigenvalue weighted by molar-refractivity contribution is -0.385. The van der Waals surface area contributed by atoms with Crippen LogP contribution in [-0.4, -0.2) is 28.4 Å². The molecule has 0 bridgehead atoms. The molecule has 18 heavy (non-hydrogen) atoms. The zero-order valence-corrected chi connectivity index (χ0v) is 10.3. The third-order valence-corrected chi connectivity index (χ3v) is 2.27. The highest BCUT2D eigenvalue weighted by molar-refractivity contribution is 5.83. The SMILES string of the molecule is CCCNC(=O)C(C)Nc1ccc([N+](=O)[O-])cn1. The van der Waals surface area contributed by atoms with Crippen LogP contribution in [0.2, 0.25) is 0 Å². The number of aromatic nitrogens is 1. The Morgan fingerprint density at radius 2 is 2.28 bits per heavy atom. The summed E-state index contributed by atoms with van der Waals surface area (Å²) in [5.41, 5.74) is -0.0800. The predicted octanol–water partition coefficient (Wildman–Crippen LogP) is 1.32. The van der Waals surface area contributed by atoms with Crippen molar-refractivity contribution in [2.24, 2.45) is 0 Å². The molecule has 0 aromatic carbocycles. The fourth-order valence-corrected chi connectivity index (χ4v) is 1.27. The van der Waals surface area contributed by atoms with Gasteiger partial charge >= 0.3 is 0 Å². The lowest BCUT2D eigenvalue weighted by atomic mass is 10.3. The molecule has 1 amide bonds. The molecule has 1 unspecified atom stereocenters. The van der Waals surface area contributed by atoms with Gasteiger partial charge in [0.05, 0.1) is 4.92 Å². The molecule has 98 valence electrons. The molecule has 0 radical (unpaired) electrons. The summed E-state index contributed by atoms with van der Waals surface area (Å²) in [5, 5.41) is 16.1. The van der Waals surface area contributed by atoms with Crippen LogP contribution in [0.4, 0.5) is 11.5 Å². The molecular weight excluding hydrogens is 236 g/mol. The van der Waals surface area contributed by atoms with E-state index in [4.69, 9.17) is 0 Å². The van der Waals surface area contributed by atoms with Crippen molar-refractivity contribution in [1.82, 2.24) is 10.3 Å². The Morgan fingerprint density at radius 3 is 2.78 bits per heavy atom. The molecule has 0 saturated heterocycles. The average molecular weight is 252 g/mol. The van der Waals surface area contributed by atoms with Gasteiger partial charge in [0.25, 0.3) is 5.69 Å². The van der Waals surface area contributed by atoms with E-state index in [0.717, 1.165) is 12.6 Å². The van der Waals surface area contributed by atoms with E-state index < -0.39 is 11.0 Å². The molecule has 7 nitrogen and oxygen atoms in total. The van der Waals surface area contributed by atoms with Gasteiger partial charge in [-0.2, -0.15) is 0 Å². The smallest absolute Gasteiger partial charge is 0.287 e. The summed E-state index contributed by atoms with van der Waals surface area (Å²) in [6, 6.07) is 2.37. The van der Waals surface area contributed by atoms with Crippen LogP contribution < -0.4 is 10.6 Å². The van der Waals surface area contributed by atoms with Gasteiger partial charge in [0.1, 0.15) is 18.1 Å². The average Bonchev–Trinajstić information content (AvgIpc) is 2.36. The number of pyridine rings is 1. The minimum absolute atomic E-state index is 0.0800. The first kappa shape index (κ1) is 13.9. The molecule has 0 aliphatic carbocycles. The molecule has 0 spiro atoms. The van der Waals surface area contributed by atoms with Crippen molar-refractivity contribution in [1.29, 1.82) is 0 Å². The second-order valence-corrected chi connectivity index (χ2v) is 3.82. The van der Waals surface area contributed by atoms with Gasteiger partial charge in [-0.25, -0.2) is 4.98 Å². The predicted molar refractivity (Wildman–Crippen MR) is 67.3 cm³/mol. The van der Waals surface area contributed by atoms with Crippen molar-refractivity contribution in [3.63, 3.8) is 0 Å². The summed E-state index contributed by atoms with van der Waals surface area (Å²) in [6.07, 6.45) is 2.02. The number of anilines is 1. The van der Waals surface area contributed by atoms with Gasteiger partial charge in [-0.1, -0.05) is 6.92 Å². The highest BCUT2D eigenvalue weighted by Crippen LogP contribution is 2.12. The maximum absolute atomic E-state index is 11.6. The Kier molecular flexibility index (Phi) is 5.04. The second-order valence-electron chi connectivity index (χ2n) is 3.82. The van der Waals surface area contributed by atoms with Crippen LogP contribution in [0.25, 0.3) is 0 Å². The van der Waals surface area contributed by atoms with Crippen molar-refractivity contribution >= 4 is 17.4 Å². The van der Waals surface area contributed by atoms with E-state index in [2.05, 4.69) is 15.6 Å². The van der Waals surface area contributed by atoms with E-state index in [1.807, 2.05) is 6.92 Å². The summed E-state index contributed by atoms with van der Waals surface area (Å²) in [5.74, 6) is 0.303. The third-order valence-electron chi connectivity index (χ3n) is 2.27. The molecule has 1 rings (SSSR count). The quantitative estimate of drug-likeness (QED) is 0.587. The Bertz CT molecular complexity index is 419. The molecule has 0 aliphatic rings. The molecule has 0 saturated carbocycles. The van der Waals surface area contributed by atoms with E-state index in [0.29, 0.717) is 12.4 Å². The van der Waals surface area contributed by atoms with Crippen LogP contribution in [-0.2, 0) is 4.79 Å². The molecule has 1 aromatic heterocycles. The maximum atomic E-state index is 11.6. The Hall–Kier alpha value is -2.18. The van der Waals surface area contributed by atoms with Crippen molar-refractivity contribution < 1.29 is 9.72 Å². The van der Waals surface area contributed by atoms with Gasteiger partial charge in [0.2, 0.25) is 5.91 Å². The van der Waals surface area contributed by atoms with Crippen LogP contribution in [0, 0.1) is 10.1 Å². The first-order valence-corrected chi connectivity index (χ1v) is 5.69. The molecule has 0 fully saturated rings. The Labute approximate surface area is 105 Å². The number of nitro groups is 1. The number of carbonyl (C=O) groups excluding carboxylic acids is 1. The third kappa shape index (κ3) is 4.00. The number of hydrogen-bond donors (Lipinski definition) is 2. The second kappa shape index (κ2) is 6.53. The first-order chi connectivity index (χ1) is 8.54. The van der Waals surface area contributed by atoms with E-state index in [-0.39, 0.29) is 11.6 Å². The minimum Gasteiger partial charge on any atom is -0.359 e. The number of rotatable bonds is 6. The largest absolute Gasteiger partial charge is 0.359 e. The molecule has 1 heterocycles.